The average molecular weight is 527 g/mol. The Hall–Kier alpha value is 0.860. The number of hydrogen-bond donors (Lipinski definition) is 2. The van der Waals surface area contributed by atoms with E-state index in [0.717, 1.165) is 27.5 Å². The van der Waals surface area contributed by atoms with Gasteiger partial charge in [-0.2, -0.15) is 0 Å². The molecular formula is C12H17Br4NO2. The van der Waals surface area contributed by atoms with Crippen LogP contribution in [0, 0.1) is 0 Å². The molecule has 0 heterocycles. The number of nitrogens with two attached hydrogens (primary N) is 1. The molecule has 1 aromatic carbocycles. The van der Waals surface area contributed by atoms with Gasteiger partial charge in [0.25, 0.3) is 0 Å². The lowest BCUT2D eigenvalue weighted by molar-refractivity contribution is 0.113. The van der Waals surface area contributed by atoms with E-state index in [-0.39, 0.29) is 30.1 Å². The summed E-state index contributed by atoms with van der Waals surface area (Å²) < 4.78 is 6.62. The summed E-state index contributed by atoms with van der Waals surface area (Å²) in [6.07, 6.45) is 0.219. The fraction of sp³-hybridized carbons (Fsp3) is 0.500. The average Bonchev–Trinajstić information content (AvgIpc) is 2.37. The van der Waals surface area contributed by atoms with Gasteiger partial charge in [0.1, 0.15) is 18.5 Å². The number of hydrogen-bond acceptors (Lipinski definition) is 3. The van der Waals surface area contributed by atoms with Crippen molar-refractivity contribution in [1.82, 2.24) is 0 Å². The molecule has 19 heavy (non-hydrogen) atoms. The van der Waals surface area contributed by atoms with E-state index in [1.807, 2.05) is 18.2 Å². The van der Waals surface area contributed by atoms with Gasteiger partial charge < -0.3 is 15.6 Å². The van der Waals surface area contributed by atoms with E-state index in [1.165, 1.54) is 0 Å². The molecule has 110 valence electrons. The normalized spacial score (nSPS) is 13.5. The summed E-state index contributed by atoms with van der Waals surface area (Å²) in [5.74, 6) is 0.788. The highest BCUT2D eigenvalue weighted by atomic mass is 79.9. The second-order valence-electron chi connectivity index (χ2n) is 3.91. The Labute approximate surface area is 149 Å². The van der Waals surface area contributed by atoms with Crippen LogP contribution in [0.4, 0.5) is 0 Å². The second kappa shape index (κ2) is 10.6. The fourth-order valence-corrected chi connectivity index (χ4v) is 2.38. The topological polar surface area (TPSA) is 55.5 Å². The van der Waals surface area contributed by atoms with Crippen LogP contribution in [-0.2, 0) is 6.42 Å². The Morgan fingerprint density at radius 2 is 2.05 bits per heavy atom. The molecule has 1 rings (SSSR count). The quantitative estimate of drug-likeness (QED) is 0.536. The van der Waals surface area contributed by atoms with Crippen LogP contribution in [0.25, 0.3) is 0 Å². The van der Waals surface area contributed by atoms with E-state index >= 15 is 0 Å². The molecule has 0 aliphatic heterocycles. The number of halogens is 4. The highest BCUT2D eigenvalue weighted by Gasteiger charge is 2.11. The Morgan fingerprint density at radius 1 is 1.37 bits per heavy atom. The van der Waals surface area contributed by atoms with E-state index in [4.69, 9.17) is 10.5 Å². The van der Waals surface area contributed by atoms with Gasteiger partial charge >= 0.3 is 0 Å². The predicted molar refractivity (Wildman–Crippen MR) is 95.2 cm³/mol. The molecule has 0 aliphatic rings. The van der Waals surface area contributed by atoms with E-state index in [0.29, 0.717) is 4.83 Å². The zero-order valence-corrected chi connectivity index (χ0v) is 16.7. The summed E-state index contributed by atoms with van der Waals surface area (Å²) in [6, 6.07) is 5.85. The van der Waals surface area contributed by atoms with Gasteiger partial charge in [-0.15, -0.1) is 17.0 Å². The number of aliphatic hydroxyl groups excluding tert-OH is 1. The number of aliphatic hydroxyl groups is 1. The third-order valence-corrected chi connectivity index (χ3v) is 5.13. The first-order chi connectivity index (χ1) is 8.56. The highest BCUT2D eigenvalue weighted by Crippen LogP contribution is 2.26. The zero-order valence-electron chi connectivity index (χ0n) is 10.2. The third-order valence-electron chi connectivity index (χ3n) is 2.33. The highest BCUT2D eigenvalue weighted by molar-refractivity contribution is 9.12. The van der Waals surface area contributed by atoms with Crippen molar-refractivity contribution in [2.24, 2.45) is 5.73 Å². The van der Waals surface area contributed by atoms with Gasteiger partial charge in [-0.3, -0.25) is 0 Å². The Kier molecular flexibility index (Phi) is 11.0. The molecule has 0 saturated carbocycles. The van der Waals surface area contributed by atoms with Gasteiger partial charge in [0.15, 0.2) is 0 Å². The zero-order chi connectivity index (χ0) is 13.5. The van der Waals surface area contributed by atoms with Crippen LogP contribution in [0.15, 0.2) is 22.7 Å². The lowest BCUT2D eigenvalue weighted by atomic mass is 10.1. The molecule has 0 spiro atoms. The molecule has 0 radical (unpaired) electrons. The number of alkyl halides is 2. The second-order valence-corrected chi connectivity index (χ2v) is 6.77. The van der Waals surface area contributed by atoms with E-state index in [1.54, 1.807) is 0 Å². The molecule has 0 fully saturated rings. The van der Waals surface area contributed by atoms with Crippen LogP contribution in [-0.4, -0.2) is 34.5 Å². The van der Waals surface area contributed by atoms with Crippen molar-refractivity contribution < 1.29 is 9.84 Å². The van der Waals surface area contributed by atoms with Gasteiger partial charge in [0.05, 0.1) is 0 Å². The van der Waals surface area contributed by atoms with Crippen molar-refractivity contribution in [3.63, 3.8) is 0 Å². The minimum atomic E-state index is -0.627. The van der Waals surface area contributed by atoms with Crippen LogP contribution in [0.1, 0.15) is 5.56 Å². The first kappa shape index (κ1) is 19.9. The van der Waals surface area contributed by atoms with Gasteiger partial charge in [-0.1, -0.05) is 47.8 Å². The summed E-state index contributed by atoms with van der Waals surface area (Å²) in [4.78, 5) is 0.341. The predicted octanol–water partition coefficient (Wildman–Crippen LogP) is 3.43. The summed E-state index contributed by atoms with van der Waals surface area (Å²) in [5.41, 5.74) is 6.44. The summed E-state index contributed by atoms with van der Waals surface area (Å²) >= 11 is 10.5. The molecule has 0 amide bonds. The van der Waals surface area contributed by atoms with Crippen LogP contribution in [0.2, 0.25) is 0 Å². The molecule has 1 aromatic rings. The van der Waals surface area contributed by atoms with Crippen molar-refractivity contribution in [3.8, 4) is 5.75 Å². The number of ether oxygens (including phenoxy) is 1. The number of rotatable bonds is 7. The molecule has 2 atom stereocenters. The molecule has 0 aromatic heterocycles. The maximum absolute atomic E-state index is 9.42. The van der Waals surface area contributed by atoms with Gasteiger partial charge in [0, 0.05) is 21.2 Å². The summed E-state index contributed by atoms with van der Waals surface area (Å²) in [5, 5.41) is 10.3. The molecular weight excluding hydrogens is 510 g/mol. The molecule has 0 bridgehead atoms. The van der Waals surface area contributed by atoms with Crippen molar-refractivity contribution in [2.45, 2.75) is 17.4 Å². The third kappa shape index (κ3) is 7.43. The Balaban J connectivity index is 0.00000324. The molecule has 2 unspecified atom stereocenters. The standard InChI is InChI=1S/C12H16Br3NO2.BrH/c13-5-10(15)4-8-3-9(14)1-2-12(8)18-7-11(17)6-16;/h1-3,10-11,17H,4-7,16H2;1H. The SMILES string of the molecule is Br.NCC(O)COc1ccc(Br)cc1CC(Br)CBr. The monoisotopic (exact) mass is 523 g/mol. The minimum Gasteiger partial charge on any atom is -0.491 e. The smallest absolute Gasteiger partial charge is 0.122 e. The lowest BCUT2D eigenvalue weighted by Gasteiger charge is -2.15. The number of benzene rings is 1. The van der Waals surface area contributed by atoms with E-state index < -0.39 is 6.10 Å². The van der Waals surface area contributed by atoms with Gasteiger partial charge in [-0.05, 0) is 30.2 Å². The maximum atomic E-state index is 9.42. The van der Waals surface area contributed by atoms with Crippen LogP contribution < -0.4 is 10.5 Å². The van der Waals surface area contributed by atoms with Crippen LogP contribution >= 0.6 is 64.8 Å². The van der Waals surface area contributed by atoms with Crippen molar-refractivity contribution in [3.05, 3.63) is 28.2 Å². The Bertz CT molecular complexity index is 379. The van der Waals surface area contributed by atoms with E-state index in [2.05, 4.69) is 47.8 Å². The largest absolute Gasteiger partial charge is 0.491 e. The Morgan fingerprint density at radius 3 is 2.63 bits per heavy atom. The van der Waals surface area contributed by atoms with Crippen molar-refractivity contribution >= 4 is 64.8 Å². The van der Waals surface area contributed by atoms with Crippen LogP contribution in [0.3, 0.4) is 0 Å². The van der Waals surface area contributed by atoms with Crippen molar-refractivity contribution in [1.29, 1.82) is 0 Å². The first-order valence-corrected chi connectivity index (χ1v) is 8.39. The first-order valence-electron chi connectivity index (χ1n) is 5.56. The van der Waals surface area contributed by atoms with Crippen LogP contribution in [0.5, 0.6) is 5.75 Å². The van der Waals surface area contributed by atoms with Gasteiger partial charge in [0.2, 0.25) is 0 Å². The summed E-state index contributed by atoms with van der Waals surface area (Å²) in [7, 11) is 0. The lowest BCUT2D eigenvalue weighted by Crippen LogP contribution is -2.26. The maximum Gasteiger partial charge on any atom is 0.122 e. The van der Waals surface area contributed by atoms with Crippen molar-refractivity contribution in [2.75, 3.05) is 18.5 Å². The molecule has 7 heteroatoms. The molecule has 0 saturated heterocycles. The molecule has 0 aliphatic carbocycles. The fourth-order valence-electron chi connectivity index (χ4n) is 1.40. The molecule has 3 N–H and O–H groups in total. The molecule has 3 nitrogen and oxygen atoms in total. The minimum absolute atomic E-state index is 0. The van der Waals surface area contributed by atoms with Gasteiger partial charge in [-0.25, -0.2) is 0 Å². The summed E-state index contributed by atoms with van der Waals surface area (Å²) in [6.45, 7) is 0.417. The van der Waals surface area contributed by atoms with E-state index in [9.17, 15) is 5.11 Å².